The maximum Gasteiger partial charge on any atom is 0.242 e. The third-order valence-electron chi connectivity index (χ3n) is 5.39. The second-order valence-electron chi connectivity index (χ2n) is 8.38. The van der Waals surface area contributed by atoms with Crippen LogP contribution in [0.1, 0.15) is 49.4 Å². The first-order chi connectivity index (χ1) is 14.6. The molecular formula is C25H32Cl2N2O2. The molecule has 4 nitrogen and oxygen atoms in total. The molecule has 2 rings (SSSR count). The van der Waals surface area contributed by atoms with Crippen LogP contribution < -0.4 is 5.32 Å². The van der Waals surface area contributed by atoms with Gasteiger partial charge in [-0.05, 0) is 55.0 Å². The summed E-state index contributed by atoms with van der Waals surface area (Å²) >= 11 is 12.8. The van der Waals surface area contributed by atoms with Crippen molar-refractivity contribution in [1.29, 1.82) is 0 Å². The molecule has 0 heterocycles. The number of amides is 2. The van der Waals surface area contributed by atoms with Gasteiger partial charge in [-0.15, -0.1) is 0 Å². The van der Waals surface area contributed by atoms with Crippen LogP contribution >= 0.6 is 23.2 Å². The highest BCUT2D eigenvalue weighted by molar-refractivity contribution is 6.36. The molecule has 168 valence electrons. The van der Waals surface area contributed by atoms with E-state index in [1.807, 2.05) is 52.8 Å². The molecule has 0 saturated heterocycles. The van der Waals surface area contributed by atoms with Gasteiger partial charge in [-0.3, -0.25) is 9.59 Å². The molecule has 0 saturated carbocycles. The van der Waals surface area contributed by atoms with Crippen molar-refractivity contribution >= 4 is 35.0 Å². The standard InChI is InChI=1S/C25H32Cl2N2O2/c1-6-23(25(31)28-14-16(2)3)29(15-20-21(26)8-7-9-22(20)27)24(30)13-19-11-10-17(4)18(5)12-19/h7-12,16,23H,6,13-15H2,1-5H3,(H,28,31). The molecule has 0 spiro atoms. The summed E-state index contributed by atoms with van der Waals surface area (Å²) in [7, 11) is 0. The lowest BCUT2D eigenvalue weighted by molar-refractivity contribution is -0.141. The summed E-state index contributed by atoms with van der Waals surface area (Å²) < 4.78 is 0. The van der Waals surface area contributed by atoms with Crippen molar-refractivity contribution in [2.45, 2.75) is 60.0 Å². The van der Waals surface area contributed by atoms with E-state index in [2.05, 4.69) is 5.32 Å². The van der Waals surface area contributed by atoms with Crippen LogP contribution in [0.3, 0.4) is 0 Å². The molecule has 0 radical (unpaired) electrons. The summed E-state index contributed by atoms with van der Waals surface area (Å²) in [5.74, 6) is 0.0257. The fourth-order valence-electron chi connectivity index (χ4n) is 3.39. The summed E-state index contributed by atoms with van der Waals surface area (Å²) in [4.78, 5) is 28.0. The number of carbonyl (C=O) groups is 2. The predicted octanol–water partition coefficient (Wildman–Crippen LogP) is 5.73. The Hall–Kier alpha value is -2.04. The minimum absolute atomic E-state index is 0.134. The van der Waals surface area contributed by atoms with Crippen molar-refractivity contribution in [1.82, 2.24) is 10.2 Å². The van der Waals surface area contributed by atoms with Crippen molar-refractivity contribution in [2.75, 3.05) is 6.54 Å². The number of aryl methyl sites for hydroxylation is 2. The lowest BCUT2D eigenvalue weighted by atomic mass is 10.0. The number of hydrogen-bond acceptors (Lipinski definition) is 2. The quantitative estimate of drug-likeness (QED) is 0.516. The molecule has 0 aliphatic heterocycles. The van der Waals surface area contributed by atoms with E-state index < -0.39 is 6.04 Å². The van der Waals surface area contributed by atoms with Gasteiger partial charge in [-0.1, -0.05) is 68.2 Å². The highest BCUT2D eigenvalue weighted by Crippen LogP contribution is 2.27. The maximum absolute atomic E-state index is 13.4. The first kappa shape index (κ1) is 25.2. The van der Waals surface area contributed by atoms with E-state index in [-0.39, 0.29) is 24.8 Å². The third kappa shape index (κ3) is 6.98. The van der Waals surface area contributed by atoms with Gasteiger partial charge in [-0.25, -0.2) is 0 Å². The van der Waals surface area contributed by atoms with Gasteiger partial charge in [0.25, 0.3) is 0 Å². The van der Waals surface area contributed by atoms with E-state index in [0.717, 1.165) is 11.1 Å². The van der Waals surface area contributed by atoms with E-state index in [0.29, 0.717) is 34.5 Å². The Balaban J connectivity index is 2.36. The molecule has 0 aliphatic rings. The van der Waals surface area contributed by atoms with E-state index in [1.165, 1.54) is 5.56 Å². The van der Waals surface area contributed by atoms with Crippen LogP contribution in [-0.2, 0) is 22.6 Å². The van der Waals surface area contributed by atoms with Crippen LogP contribution in [-0.4, -0.2) is 29.3 Å². The van der Waals surface area contributed by atoms with E-state index in [4.69, 9.17) is 23.2 Å². The van der Waals surface area contributed by atoms with Crippen molar-refractivity contribution in [3.8, 4) is 0 Å². The number of nitrogens with zero attached hydrogens (tertiary/aromatic N) is 1. The molecule has 0 fully saturated rings. The Morgan fingerprint density at radius 1 is 1.03 bits per heavy atom. The first-order valence-electron chi connectivity index (χ1n) is 10.7. The molecular weight excluding hydrogens is 431 g/mol. The van der Waals surface area contributed by atoms with Crippen LogP contribution in [0.25, 0.3) is 0 Å². The van der Waals surface area contributed by atoms with Crippen molar-refractivity contribution in [2.24, 2.45) is 5.92 Å². The largest absolute Gasteiger partial charge is 0.354 e. The topological polar surface area (TPSA) is 49.4 Å². The summed E-state index contributed by atoms with van der Waals surface area (Å²) in [5.41, 5.74) is 3.87. The van der Waals surface area contributed by atoms with Gasteiger partial charge >= 0.3 is 0 Å². The number of halogens is 2. The molecule has 6 heteroatoms. The molecule has 0 aliphatic carbocycles. The molecule has 2 aromatic carbocycles. The molecule has 0 aromatic heterocycles. The third-order valence-corrected chi connectivity index (χ3v) is 6.10. The van der Waals surface area contributed by atoms with Crippen LogP contribution in [0.2, 0.25) is 10.0 Å². The highest BCUT2D eigenvalue weighted by atomic mass is 35.5. The fourth-order valence-corrected chi connectivity index (χ4v) is 3.90. The lowest BCUT2D eigenvalue weighted by Gasteiger charge is -2.31. The molecule has 1 unspecified atom stereocenters. The number of rotatable bonds is 9. The van der Waals surface area contributed by atoms with E-state index in [1.54, 1.807) is 23.1 Å². The monoisotopic (exact) mass is 462 g/mol. The number of benzene rings is 2. The Labute approximate surface area is 195 Å². The maximum atomic E-state index is 13.4. The molecule has 2 amide bonds. The van der Waals surface area contributed by atoms with Gasteiger partial charge in [0.05, 0.1) is 6.42 Å². The average Bonchev–Trinajstić information content (AvgIpc) is 2.71. The van der Waals surface area contributed by atoms with Gasteiger partial charge in [0.15, 0.2) is 0 Å². The van der Waals surface area contributed by atoms with Crippen molar-refractivity contribution in [3.63, 3.8) is 0 Å². The second kappa shape index (κ2) is 11.5. The summed E-state index contributed by atoms with van der Waals surface area (Å²) in [5, 5.41) is 3.93. The Kier molecular flexibility index (Phi) is 9.39. The Morgan fingerprint density at radius 2 is 1.68 bits per heavy atom. The van der Waals surface area contributed by atoms with Crippen LogP contribution in [0.15, 0.2) is 36.4 Å². The summed E-state index contributed by atoms with van der Waals surface area (Å²) in [6.45, 7) is 10.8. The molecule has 1 atom stereocenters. The number of carbonyl (C=O) groups excluding carboxylic acids is 2. The van der Waals surface area contributed by atoms with Gasteiger partial charge in [-0.2, -0.15) is 0 Å². The Bertz CT molecular complexity index is 907. The van der Waals surface area contributed by atoms with Crippen molar-refractivity contribution in [3.05, 3.63) is 68.7 Å². The van der Waals surface area contributed by atoms with Crippen LogP contribution in [0.4, 0.5) is 0 Å². The molecule has 0 bridgehead atoms. The smallest absolute Gasteiger partial charge is 0.242 e. The van der Waals surface area contributed by atoms with Gasteiger partial charge in [0, 0.05) is 28.7 Å². The zero-order valence-corrected chi connectivity index (χ0v) is 20.5. The van der Waals surface area contributed by atoms with Crippen molar-refractivity contribution < 1.29 is 9.59 Å². The predicted molar refractivity (Wildman–Crippen MR) is 129 cm³/mol. The van der Waals surface area contributed by atoms with Gasteiger partial charge in [0.2, 0.25) is 11.8 Å². The minimum atomic E-state index is -0.606. The second-order valence-corrected chi connectivity index (χ2v) is 9.19. The summed E-state index contributed by atoms with van der Waals surface area (Å²) in [6, 6.07) is 10.6. The lowest BCUT2D eigenvalue weighted by Crippen LogP contribution is -2.50. The first-order valence-corrected chi connectivity index (χ1v) is 11.5. The molecule has 31 heavy (non-hydrogen) atoms. The van der Waals surface area contributed by atoms with E-state index in [9.17, 15) is 9.59 Å². The Morgan fingerprint density at radius 3 is 2.23 bits per heavy atom. The van der Waals surface area contributed by atoms with Crippen LogP contribution in [0.5, 0.6) is 0 Å². The zero-order valence-electron chi connectivity index (χ0n) is 19.0. The fraction of sp³-hybridized carbons (Fsp3) is 0.440. The average molecular weight is 463 g/mol. The number of hydrogen-bond donors (Lipinski definition) is 1. The van der Waals surface area contributed by atoms with Gasteiger partial charge < -0.3 is 10.2 Å². The normalized spacial score (nSPS) is 12.0. The highest BCUT2D eigenvalue weighted by Gasteiger charge is 2.29. The zero-order chi connectivity index (χ0) is 23.1. The molecule has 1 N–H and O–H groups in total. The molecule has 2 aromatic rings. The SMILES string of the molecule is CCC(C(=O)NCC(C)C)N(Cc1c(Cl)cccc1Cl)C(=O)Cc1ccc(C)c(C)c1. The summed E-state index contributed by atoms with van der Waals surface area (Å²) in [6.07, 6.45) is 0.696. The minimum Gasteiger partial charge on any atom is -0.354 e. The van der Waals surface area contributed by atoms with E-state index >= 15 is 0 Å². The van der Waals surface area contributed by atoms with Crippen LogP contribution in [0, 0.1) is 19.8 Å². The number of nitrogens with one attached hydrogen (secondary N) is 1. The van der Waals surface area contributed by atoms with Gasteiger partial charge in [0.1, 0.15) is 6.04 Å².